The van der Waals surface area contributed by atoms with Crippen molar-refractivity contribution >= 4 is 17.5 Å². The molecule has 1 aromatic rings. The van der Waals surface area contributed by atoms with Crippen LogP contribution >= 0.6 is 0 Å². The molecule has 0 bridgehead atoms. The first-order chi connectivity index (χ1) is 14.6. The van der Waals surface area contributed by atoms with Crippen LogP contribution in [0.25, 0.3) is 0 Å². The third kappa shape index (κ3) is 4.59. The standard InChI is InChI=1S/C22H34N6O2/c1-3-16-11-19-20(26-21(16)29)10-15(12-24-19)14-27-6-8-28(9-7-27)17-4-5-18(25-13-17)22(30)23-2/h4-5,13,15-16,19-20,24H,3,6-12,14H2,1-2H3,(H,23,30)(H,26,29). The fraction of sp³-hybridized carbons (Fsp3) is 0.682. The molecule has 3 aliphatic rings. The number of pyridine rings is 1. The number of fused-ring (bicyclic) bond motifs is 1. The third-order valence-electron chi connectivity index (χ3n) is 6.93. The Morgan fingerprint density at radius 3 is 2.67 bits per heavy atom. The molecule has 1 aromatic heterocycles. The molecule has 0 aliphatic carbocycles. The molecule has 4 heterocycles. The molecule has 2 amide bonds. The predicted molar refractivity (Wildman–Crippen MR) is 117 cm³/mol. The minimum absolute atomic E-state index is 0.158. The molecule has 4 unspecified atom stereocenters. The van der Waals surface area contributed by atoms with Crippen LogP contribution in [0, 0.1) is 11.8 Å². The number of rotatable bonds is 5. The minimum Gasteiger partial charge on any atom is -0.368 e. The zero-order valence-corrected chi connectivity index (χ0v) is 18.1. The summed E-state index contributed by atoms with van der Waals surface area (Å²) in [5.41, 5.74) is 1.52. The first-order valence-electron chi connectivity index (χ1n) is 11.3. The van der Waals surface area contributed by atoms with Crippen molar-refractivity contribution in [1.82, 2.24) is 25.8 Å². The Balaban J connectivity index is 1.24. The quantitative estimate of drug-likeness (QED) is 0.649. The number of anilines is 1. The highest BCUT2D eigenvalue weighted by molar-refractivity contribution is 5.92. The smallest absolute Gasteiger partial charge is 0.269 e. The van der Waals surface area contributed by atoms with Crippen LogP contribution in [0.1, 0.15) is 36.7 Å². The summed E-state index contributed by atoms with van der Waals surface area (Å²) < 4.78 is 0. The second kappa shape index (κ2) is 9.31. The molecular weight excluding hydrogens is 380 g/mol. The fourth-order valence-corrected chi connectivity index (χ4v) is 5.07. The summed E-state index contributed by atoms with van der Waals surface area (Å²) in [6.07, 6.45) is 4.77. The van der Waals surface area contributed by atoms with E-state index >= 15 is 0 Å². The van der Waals surface area contributed by atoms with Gasteiger partial charge in [-0.05, 0) is 43.9 Å². The first kappa shape index (κ1) is 21.1. The molecule has 0 saturated carbocycles. The summed E-state index contributed by atoms with van der Waals surface area (Å²) in [6.45, 7) is 8.17. The van der Waals surface area contributed by atoms with E-state index < -0.39 is 0 Å². The third-order valence-corrected chi connectivity index (χ3v) is 6.93. The van der Waals surface area contributed by atoms with E-state index in [1.165, 1.54) is 0 Å². The van der Waals surface area contributed by atoms with E-state index in [4.69, 9.17) is 0 Å². The Labute approximate surface area is 178 Å². The van der Waals surface area contributed by atoms with Crippen LogP contribution in [-0.2, 0) is 4.79 Å². The maximum absolute atomic E-state index is 12.2. The highest BCUT2D eigenvalue weighted by Gasteiger charge is 2.39. The molecule has 3 saturated heterocycles. The summed E-state index contributed by atoms with van der Waals surface area (Å²) in [5.74, 6) is 0.827. The molecule has 4 rings (SSSR count). The van der Waals surface area contributed by atoms with Gasteiger partial charge in [-0.25, -0.2) is 4.98 Å². The van der Waals surface area contributed by atoms with E-state index in [1.54, 1.807) is 19.3 Å². The molecule has 3 N–H and O–H groups in total. The van der Waals surface area contributed by atoms with Crippen molar-refractivity contribution in [3.8, 4) is 0 Å². The van der Waals surface area contributed by atoms with Crippen LogP contribution in [0.3, 0.4) is 0 Å². The van der Waals surface area contributed by atoms with Crippen LogP contribution in [0.5, 0.6) is 0 Å². The Morgan fingerprint density at radius 1 is 1.20 bits per heavy atom. The van der Waals surface area contributed by atoms with Gasteiger partial charge >= 0.3 is 0 Å². The molecule has 0 aromatic carbocycles. The van der Waals surface area contributed by atoms with Gasteiger partial charge in [-0.1, -0.05) is 6.92 Å². The SMILES string of the molecule is CCC1CC2NCC(CN3CCN(c4ccc(C(=O)NC)nc4)CC3)CC2NC1=O. The second-order valence-corrected chi connectivity index (χ2v) is 8.84. The molecule has 8 nitrogen and oxygen atoms in total. The van der Waals surface area contributed by atoms with Crippen molar-refractivity contribution in [2.75, 3.05) is 51.2 Å². The zero-order chi connectivity index (χ0) is 21.1. The molecule has 0 spiro atoms. The molecule has 0 radical (unpaired) electrons. The minimum atomic E-state index is -0.158. The monoisotopic (exact) mass is 414 g/mol. The molecular formula is C22H34N6O2. The number of carbonyl (C=O) groups is 2. The van der Waals surface area contributed by atoms with Crippen LogP contribution < -0.4 is 20.9 Å². The summed E-state index contributed by atoms with van der Waals surface area (Å²) in [5, 5.41) is 9.57. The first-order valence-corrected chi connectivity index (χ1v) is 11.3. The molecule has 4 atom stereocenters. The summed E-state index contributed by atoms with van der Waals surface area (Å²) in [6, 6.07) is 4.48. The Bertz CT molecular complexity index is 746. The normalized spacial score (nSPS) is 29.8. The molecule has 30 heavy (non-hydrogen) atoms. The Hall–Kier alpha value is -2.19. The molecule has 164 valence electrons. The van der Waals surface area contributed by atoms with Gasteiger partial charge in [0.25, 0.3) is 5.91 Å². The van der Waals surface area contributed by atoms with Gasteiger partial charge in [-0.2, -0.15) is 0 Å². The van der Waals surface area contributed by atoms with Gasteiger partial charge < -0.3 is 20.9 Å². The number of carbonyl (C=O) groups excluding carboxylic acids is 2. The largest absolute Gasteiger partial charge is 0.368 e. The summed E-state index contributed by atoms with van der Waals surface area (Å²) >= 11 is 0. The van der Waals surface area contributed by atoms with Gasteiger partial charge in [-0.15, -0.1) is 0 Å². The van der Waals surface area contributed by atoms with Crippen molar-refractivity contribution in [2.24, 2.45) is 11.8 Å². The van der Waals surface area contributed by atoms with Crippen molar-refractivity contribution in [3.05, 3.63) is 24.0 Å². The van der Waals surface area contributed by atoms with Gasteiger partial charge in [0, 0.05) is 57.8 Å². The lowest BCUT2D eigenvalue weighted by molar-refractivity contribution is -0.129. The number of hydrogen-bond donors (Lipinski definition) is 3. The maximum atomic E-state index is 12.2. The van der Waals surface area contributed by atoms with E-state index in [0.717, 1.165) is 64.2 Å². The van der Waals surface area contributed by atoms with Crippen molar-refractivity contribution < 1.29 is 9.59 Å². The van der Waals surface area contributed by atoms with Crippen LogP contribution in [0.15, 0.2) is 18.3 Å². The van der Waals surface area contributed by atoms with Crippen LogP contribution in [0.4, 0.5) is 5.69 Å². The van der Waals surface area contributed by atoms with Gasteiger partial charge in [-0.3, -0.25) is 14.5 Å². The molecule has 3 aliphatic heterocycles. The van der Waals surface area contributed by atoms with E-state index in [2.05, 4.69) is 37.7 Å². The number of piperidine rings is 2. The fourth-order valence-electron chi connectivity index (χ4n) is 5.07. The Kier molecular flexibility index (Phi) is 6.53. The van der Waals surface area contributed by atoms with E-state index in [9.17, 15) is 9.59 Å². The topological polar surface area (TPSA) is 89.6 Å². The van der Waals surface area contributed by atoms with E-state index in [-0.39, 0.29) is 23.8 Å². The lowest BCUT2D eigenvalue weighted by atomic mass is 9.80. The van der Waals surface area contributed by atoms with Crippen molar-refractivity contribution in [2.45, 2.75) is 38.3 Å². The lowest BCUT2D eigenvalue weighted by Crippen LogP contribution is -2.62. The number of nitrogens with zero attached hydrogens (tertiary/aromatic N) is 3. The van der Waals surface area contributed by atoms with Crippen molar-refractivity contribution in [1.29, 1.82) is 0 Å². The zero-order valence-electron chi connectivity index (χ0n) is 18.1. The van der Waals surface area contributed by atoms with Crippen molar-refractivity contribution in [3.63, 3.8) is 0 Å². The molecule has 3 fully saturated rings. The van der Waals surface area contributed by atoms with Gasteiger partial charge in [0.15, 0.2) is 0 Å². The van der Waals surface area contributed by atoms with Gasteiger partial charge in [0.1, 0.15) is 5.69 Å². The van der Waals surface area contributed by atoms with Gasteiger partial charge in [0.2, 0.25) is 5.91 Å². The Morgan fingerprint density at radius 2 is 2.00 bits per heavy atom. The maximum Gasteiger partial charge on any atom is 0.269 e. The predicted octanol–water partition coefficient (Wildman–Crippen LogP) is 0.456. The van der Waals surface area contributed by atoms with E-state index in [1.807, 2.05) is 6.07 Å². The highest BCUT2D eigenvalue weighted by atomic mass is 16.2. The summed E-state index contributed by atoms with van der Waals surface area (Å²) in [7, 11) is 1.61. The summed E-state index contributed by atoms with van der Waals surface area (Å²) in [4.78, 5) is 33.0. The van der Waals surface area contributed by atoms with Crippen LogP contribution in [-0.4, -0.2) is 80.1 Å². The number of piperazine rings is 1. The average molecular weight is 415 g/mol. The number of hydrogen-bond acceptors (Lipinski definition) is 6. The van der Waals surface area contributed by atoms with E-state index in [0.29, 0.717) is 17.7 Å². The molecule has 8 heteroatoms. The lowest BCUT2D eigenvalue weighted by Gasteiger charge is -2.44. The number of nitrogens with one attached hydrogen (secondary N) is 3. The number of amides is 2. The highest BCUT2D eigenvalue weighted by Crippen LogP contribution is 2.27. The van der Waals surface area contributed by atoms with Crippen LogP contribution in [0.2, 0.25) is 0 Å². The second-order valence-electron chi connectivity index (χ2n) is 8.84. The van der Waals surface area contributed by atoms with Gasteiger partial charge in [0.05, 0.1) is 11.9 Å². The average Bonchev–Trinajstić information content (AvgIpc) is 2.78. The number of aromatic nitrogens is 1.